The minimum absolute atomic E-state index is 0.239. The molecule has 1 unspecified atom stereocenters. The van der Waals surface area contributed by atoms with E-state index in [1.165, 1.54) is 0 Å². The van der Waals surface area contributed by atoms with Crippen LogP contribution in [0.2, 0.25) is 0 Å². The van der Waals surface area contributed by atoms with Gasteiger partial charge in [-0.05, 0) is 26.3 Å². The van der Waals surface area contributed by atoms with Crippen molar-refractivity contribution in [2.45, 2.75) is 32.9 Å². The van der Waals surface area contributed by atoms with Crippen LogP contribution in [0.3, 0.4) is 0 Å². The molecule has 1 atom stereocenters. The van der Waals surface area contributed by atoms with E-state index < -0.39 is 6.04 Å². The highest BCUT2D eigenvalue weighted by Gasteiger charge is 2.16. The Morgan fingerprint density at radius 1 is 1.30 bits per heavy atom. The van der Waals surface area contributed by atoms with Crippen LogP contribution in [0.15, 0.2) is 36.7 Å². The van der Waals surface area contributed by atoms with Gasteiger partial charge in [-0.25, -0.2) is 0 Å². The molecule has 0 spiro atoms. The van der Waals surface area contributed by atoms with Crippen molar-refractivity contribution < 1.29 is 4.79 Å². The zero-order valence-electron chi connectivity index (χ0n) is 12.0. The third-order valence-electron chi connectivity index (χ3n) is 3.12. The fourth-order valence-corrected chi connectivity index (χ4v) is 1.83. The van der Waals surface area contributed by atoms with Crippen LogP contribution in [0, 0.1) is 6.92 Å². The number of aryl methyl sites for hydroxylation is 1. The summed E-state index contributed by atoms with van der Waals surface area (Å²) in [6, 6.07) is 7.21. The molecule has 2 aromatic rings. The van der Waals surface area contributed by atoms with Crippen molar-refractivity contribution in [1.29, 1.82) is 0 Å². The Kier molecular flexibility index (Phi) is 4.20. The second-order valence-corrected chi connectivity index (χ2v) is 5.18. The van der Waals surface area contributed by atoms with Gasteiger partial charge in [-0.15, -0.1) is 0 Å². The van der Waals surface area contributed by atoms with E-state index >= 15 is 0 Å². The monoisotopic (exact) mass is 272 g/mol. The van der Waals surface area contributed by atoms with Gasteiger partial charge in [-0.3, -0.25) is 9.48 Å². The van der Waals surface area contributed by atoms with Gasteiger partial charge in [-0.1, -0.05) is 29.8 Å². The van der Waals surface area contributed by atoms with Gasteiger partial charge in [-0.2, -0.15) is 5.10 Å². The Morgan fingerprint density at radius 3 is 2.50 bits per heavy atom. The lowest BCUT2D eigenvalue weighted by Crippen LogP contribution is -2.27. The summed E-state index contributed by atoms with van der Waals surface area (Å²) in [4.78, 5) is 12.1. The Hall–Kier alpha value is -2.14. The number of hydrogen-bond donors (Lipinski definition) is 2. The summed E-state index contributed by atoms with van der Waals surface area (Å²) >= 11 is 0. The number of nitrogens with zero attached hydrogens (tertiary/aromatic N) is 2. The molecule has 1 heterocycles. The molecule has 1 amide bonds. The second kappa shape index (κ2) is 5.88. The first-order valence-corrected chi connectivity index (χ1v) is 6.64. The van der Waals surface area contributed by atoms with Gasteiger partial charge >= 0.3 is 0 Å². The molecule has 2 rings (SSSR count). The number of nitrogens with two attached hydrogens (primary N) is 1. The number of nitrogens with one attached hydrogen (secondary N) is 1. The third kappa shape index (κ3) is 3.24. The lowest BCUT2D eigenvalue weighted by Gasteiger charge is -2.11. The highest BCUT2D eigenvalue weighted by molar-refractivity contribution is 5.95. The van der Waals surface area contributed by atoms with Crippen LogP contribution in [0.1, 0.15) is 37.1 Å². The van der Waals surface area contributed by atoms with E-state index in [-0.39, 0.29) is 11.9 Å². The predicted octanol–water partition coefficient (Wildman–Crippen LogP) is 2.41. The quantitative estimate of drug-likeness (QED) is 0.897. The minimum Gasteiger partial charge on any atom is -0.322 e. The number of carbonyl (C=O) groups is 1. The van der Waals surface area contributed by atoms with E-state index in [4.69, 9.17) is 5.73 Å². The lowest BCUT2D eigenvalue weighted by atomic mass is 10.1. The zero-order valence-corrected chi connectivity index (χ0v) is 12.0. The second-order valence-electron chi connectivity index (χ2n) is 5.18. The molecule has 20 heavy (non-hydrogen) atoms. The highest BCUT2D eigenvalue weighted by Crippen LogP contribution is 2.15. The Bertz CT molecular complexity index is 586. The Morgan fingerprint density at radius 2 is 1.95 bits per heavy atom. The van der Waals surface area contributed by atoms with Crippen molar-refractivity contribution in [2.24, 2.45) is 5.73 Å². The van der Waals surface area contributed by atoms with Gasteiger partial charge in [0.15, 0.2) is 0 Å². The summed E-state index contributed by atoms with van der Waals surface area (Å²) in [5.74, 6) is -0.239. The van der Waals surface area contributed by atoms with Gasteiger partial charge in [0, 0.05) is 12.2 Å². The minimum atomic E-state index is -0.682. The van der Waals surface area contributed by atoms with Crippen molar-refractivity contribution in [3.63, 3.8) is 0 Å². The largest absolute Gasteiger partial charge is 0.322 e. The average molecular weight is 272 g/mol. The molecule has 5 nitrogen and oxygen atoms in total. The molecule has 0 aliphatic heterocycles. The topological polar surface area (TPSA) is 72.9 Å². The maximum atomic E-state index is 12.1. The fourth-order valence-electron chi connectivity index (χ4n) is 1.83. The molecule has 0 aliphatic rings. The van der Waals surface area contributed by atoms with Crippen LogP contribution >= 0.6 is 0 Å². The molecule has 0 bridgehead atoms. The van der Waals surface area contributed by atoms with Gasteiger partial charge in [0.1, 0.15) is 6.04 Å². The zero-order chi connectivity index (χ0) is 14.7. The summed E-state index contributed by atoms with van der Waals surface area (Å²) in [5, 5.41) is 6.96. The van der Waals surface area contributed by atoms with Crippen molar-refractivity contribution >= 4 is 11.6 Å². The predicted molar refractivity (Wildman–Crippen MR) is 79.3 cm³/mol. The highest BCUT2D eigenvalue weighted by atomic mass is 16.2. The van der Waals surface area contributed by atoms with Crippen LogP contribution < -0.4 is 11.1 Å². The standard InChI is InChI=1S/C15H20N4O/c1-10(2)19-9-13(8-17-19)18-15(20)14(16)12-6-4-11(3)5-7-12/h4-10,14H,16H2,1-3H3,(H,18,20). The maximum Gasteiger partial charge on any atom is 0.245 e. The van der Waals surface area contributed by atoms with Gasteiger partial charge in [0.2, 0.25) is 5.91 Å². The van der Waals surface area contributed by atoms with Gasteiger partial charge < -0.3 is 11.1 Å². The average Bonchev–Trinajstić information content (AvgIpc) is 2.87. The fraction of sp³-hybridized carbons (Fsp3) is 0.333. The van der Waals surface area contributed by atoms with E-state index in [2.05, 4.69) is 10.4 Å². The van der Waals surface area contributed by atoms with Gasteiger partial charge in [0.05, 0.1) is 11.9 Å². The lowest BCUT2D eigenvalue weighted by molar-refractivity contribution is -0.117. The number of carbonyl (C=O) groups excluding carboxylic acids is 1. The van der Waals surface area contributed by atoms with Crippen LogP contribution in [0.25, 0.3) is 0 Å². The normalized spacial score (nSPS) is 12.4. The van der Waals surface area contributed by atoms with Gasteiger partial charge in [0.25, 0.3) is 0 Å². The number of anilines is 1. The third-order valence-corrected chi connectivity index (χ3v) is 3.12. The first-order valence-electron chi connectivity index (χ1n) is 6.64. The number of aromatic nitrogens is 2. The molecule has 5 heteroatoms. The van der Waals surface area contributed by atoms with E-state index in [1.54, 1.807) is 17.1 Å². The summed E-state index contributed by atoms with van der Waals surface area (Å²) in [6.45, 7) is 6.04. The first-order chi connectivity index (χ1) is 9.47. The van der Waals surface area contributed by atoms with E-state index in [1.807, 2.05) is 45.0 Å². The SMILES string of the molecule is Cc1ccc(C(N)C(=O)Nc2cnn(C(C)C)c2)cc1. The molecular formula is C15H20N4O. The van der Waals surface area contributed by atoms with Crippen LogP contribution in [-0.2, 0) is 4.79 Å². The maximum absolute atomic E-state index is 12.1. The molecule has 3 N–H and O–H groups in total. The molecule has 0 saturated heterocycles. The number of rotatable bonds is 4. The first kappa shape index (κ1) is 14.3. The summed E-state index contributed by atoms with van der Waals surface area (Å²) in [5.41, 5.74) is 8.56. The number of benzene rings is 1. The Balaban J connectivity index is 2.05. The molecule has 1 aromatic carbocycles. The van der Waals surface area contributed by atoms with Crippen molar-refractivity contribution in [3.8, 4) is 0 Å². The number of amides is 1. The molecular weight excluding hydrogens is 252 g/mol. The molecule has 1 aromatic heterocycles. The molecule has 0 fully saturated rings. The number of hydrogen-bond acceptors (Lipinski definition) is 3. The summed E-state index contributed by atoms with van der Waals surface area (Å²) in [6.07, 6.45) is 3.42. The Labute approximate surface area is 118 Å². The van der Waals surface area contributed by atoms with E-state index in [9.17, 15) is 4.79 Å². The molecule has 0 radical (unpaired) electrons. The molecule has 0 saturated carbocycles. The van der Waals surface area contributed by atoms with Crippen molar-refractivity contribution in [3.05, 3.63) is 47.8 Å². The van der Waals surface area contributed by atoms with E-state index in [0.717, 1.165) is 11.1 Å². The molecule has 106 valence electrons. The van der Waals surface area contributed by atoms with Crippen LogP contribution in [-0.4, -0.2) is 15.7 Å². The van der Waals surface area contributed by atoms with Crippen molar-refractivity contribution in [2.75, 3.05) is 5.32 Å². The van der Waals surface area contributed by atoms with Crippen molar-refractivity contribution in [1.82, 2.24) is 9.78 Å². The van der Waals surface area contributed by atoms with E-state index in [0.29, 0.717) is 5.69 Å². The summed E-state index contributed by atoms with van der Waals surface area (Å²) < 4.78 is 1.78. The van der Waals surface area contributed by atoms with Crippen LogP contribution in [0.5, 0.6) is 0 Å². The van der Waals surface area contributed by atoms with Crippen LogP contribution in [0.4, 0.5) is 5.69 Å². The molecule has 0 aliphatic carbocycles. The summed E-state index contributed by atoms with van der Waals surface area (Å²) in [7, 11) is 0. The smallest absolute Gasteiger partial charge is 0.245 e.